The minimum Gasteiger partial charge on any atom is -0.463 e. The van der Waals surface area contributed by atoms with Gasteiger partial charge in [-0.05, 0) is 23.6 Å². The summed E-state index contributed by atoms with van der Waals surface area (Å²) < 4.78 is 10.4. The van der Waals surface area contributed by atoms with Gasteiger partial charge in [0.05, 0.1) is 11.1 Å². The monoisotopic (exact) mass is 386 g/mol. The molecule has 0 saturated heterocycles. The maximum absolute atomic E-state index is 12.2. The Balaban J connectivity index is 1.41. The van der Waals surface area contributed by atoms with Crippen LogP contribution < -0.4 is 10.6 Å². The summed E-state index contributed by atoms with van der Waals surface area (Å²) in [5.74, 6) is -0.232. The van der Waals surface area contributed by atoms with Crippen molar-refractivity contribution in [3.8, 4) is 11.5 Å². The molecule has 10 heteroatoms. The second-order valence-electron chi connectivity index (χ2n) is 4.94. The number of carbonyl (C=O) groups is 2. The summed E-state index contributed by atoms with van der Waals surface area (Å²) >= 11 is 2.55. The molecule has 4 heterocycles. The van der Waals surface area contributed by atoms with Crippen LogP contribution in [0.1, 0.15) is 20.2 Å². The molecule has 0 aliphatic rings. The normalized spacial score (nSPS) is 10.6. The Kier molecular flexibility index (Phi) is 4.33. The number of anilines is 2. The Bertz CT molecular complexity index is 1030. The lowest BCUT2D eigenvalue weighted by molar-refractivity contribution is 0.101. The second kappa shape index (κ2) is 6.94. The van der Waals surface area contributed by atoms with Crippen LogP contribution in [0.25, 0.3) is 11.5 Å². The van der Waals surface area contributed by atoms with Crippen LogP contribution in [0.2, 0.25) is 0 Å². The van der Waals surface area contributed by atoms with Gasteiger partial charge < -0.3 is 8.83 Å². The number of carbonyl (C=O) groups excluding carboxylic acids is 2. The summed E-state index contributed by atoms with van der Waals surface area (Å²) in [6.45, 7) is 0. The van der Waals surface area contributed by atoms with Crippen LogP contribution in [-0.2, 0) is 0 Å². The van der Waals surface area contributed by atoms with Crippen molar-refractivity contribution in [1.82, 2.24) is 9.97 Å². The van der Waals surface area contributed by atoms with E-state index in [9.17, 15) is 9.59 Å². The Morgan fingerprint density at radius 1 is 1.00 bits per heavy atom. The van der Waals surface area contributed by atoms with E-state index in [-0.39, 0.29) is 17.6 Å². The predicted molar refractivity (Wildman–Crippen MR) is 96.5 cm³/mol. The third kappa shape index (κ3) is 3.41. The van der Waals surface area contributed by atoms with Gasteiger partial charge in [-0.15, -0.1) is 22.7 Å². The third-order valence-corrected chi connectivity index (χ3v) is 4.83. The summed E-state index contributed by atoms with van der Waals surface area (Å²) in [7, 11) is 0. The summed E-state index contributed by atoms with van der Waals surface area (Å²) in [5, 5.41) is 9.07. The van der Waals surface area contributed by atoms with E-state index in [1.807, 2.05) is 0 Å². The van der Waals surface area contributed by atoms with Crippen molar-refractivity contribution >= 4 is 45.6 Å². The molecule has 0 fully saturated rings. The highest BCUT2D eigenvalue weighted by atomic mass is 32.1. The Morgan fingerprint density at radius 2 is 1.92 bits per heavy atom. The molecule has 0 radical (unpaired) electrons. The number of amides is 2. The number of aromatic nitrogens is 2. The Labute approximate surface area is 154 Å². The van der Waals surface area contributed by atoms with Gasteiger partial charge in [0, 0.05) is 5.38 Å². The first kappa shape index (κ1) is 16.2. The van der Waals surface area contributed by atoms with Crippen molar-refractivity contribution in [3.05, 3.63) is 58.1 Å². The van der Waals surface area contributed by atoms with E-state index in [2.05, 4.69) is 20.6 Å². The third-order valence-electron chi connectivity index (χ3n) is 3.20. The largest absolute Gasteiger partial charge is 0.463 e. The first-order valence-electron chi connectivity index (χ1n) is 7.30. The lowest BCUT2D eigenvalue weighted by atomic mass is 10.4. The average Bonchev–Trinajstić information content (AvgIpc) is 3.39. The Hall–Kier alpha value is -3.24. The van der Waals surface area contributed by atoms with Crippen molar-refractivity contribution in [2.24, 2.45) is 0 Å². The highest BCUT2D eigenvalue weighted by molar-refractivity contribution is 7.14. The average molecular weight is 386 g/mol. The molecule has 0 unspecified atom stereocenters. The molecule has 26 heavy (non-hydrogen) atoms. The topological polar surface area (TPSA) is 110 Å². The maximum atomic E-state index is 12.2. The maximum Gasteiger partial charge on any atom is 0.302 e. The standard InChI is InChI=1S/C16H10N4O4S2/c21-13(20-16-18-10(8-26-16)11-3-1-5-23-11)9-7-24-15(17-9)19-14(22)12-4-2-6-25-12/h1-8H,(H,17,19,22)(H,18,20,21). The van der Waals surface area contributed by atoms with Crippen LogP contribution in [-0.4, -0.2) is 21.8 Å². The molecular formula is C16H10N4O4S2. The number of hydrogen-bond acceptors (Lipinski definition) is 8. The van der Waals surface area contributed by atoms with Crippen LogP contribution in [0.5, 0.6) is 0 Å². The molecule has 0 saturated carbocycles. The lowest BCUT2D eigenvalue weighted by Crippen LogP contribution is -2.13. The molecule has 0 aliphatic carbocycles. The van der Waals surface area contributed by atoms with Crippen molar-refractivity contribution in [2.45, 2.75) is 0 Å². The van der Waals surface area contributed by atoms with Gasteiger partial charge in [0.1, 0.15) is 12.0 Å². The van der Waals surface area contributed by atoms with Gasteiger partial charge >= 0.3 is 6.01 Å². The number of nitrogens with zero attached hydrogens (tertiary/aromatic N) is 2. The van der Waals surface area contributed by atoms with Crippen LogP contribution in [0, 0.1) is 0 Å². The molecule has 0 atom stereocenters. The highest BCUT2D eigenvalue weighted by Gasteiger charge is 2.17. The summed E-state index contributed by atoms with van der Waals surface area (Å²) in [4.78, 5) is 32.9. The van der Waals surface area contributed by atoms with Gasteiger partial charge in [0.25, 0.3) is 11.8 Å². The van der Waals surface area contributed by atoms with Crippen molar-refractivity contribution in [1.29, 1.82) is 0 Å². The van der Waals surface area contributed by atoms with E-state index >= 15 is 0 Å². The summed E-state index contributed by atoms with van der Waals surface area (Å²) in [6.07, 6.45) is 2.72. The highest BCUT2D eigenvalue weighted by Crippen LogP contribution is 2.25. The minimum absolute atomic E-state index is 0.0289. The molecule has 4 aromatic heterocycles. The number of nitrogens with one attached hydrogen (secondary N) is 2. The van der Waals surface area contributed by atoms with Crippen LogP contribution in [0.15, 0.2) is 56.4 Å². The first-order chi connectivity index (χ1) is 12.7. The van der Waals surface area contributed by atoms with Gasteiger partial charge in [0.2, 0.25) is 0 Å². The molecule has 2 N–H and O–H groups in total. The van der Waals surface area contributed by atoms with Gasteiger partial charge in [-0.1, -0.05) is 6.07 Å². The van der Waals surface area contributed by atoms with Crippen LogP contribution in [0.3, 0.4) is 0 Å². The molecule has 4 rings (SSSR count). The van der Waals surface area contributed by atoms with E-state index in [4.69, 9.17) is 8.83 Å². The number of furan rings is 1. The second-order valence-corrected chi connectivity index (χ2v) is 6.74. The molecule has 0 aromatic carbocycles. The zero-order chi connectivity index (χ0) is 17.9. The lowest BCUT2D eigenvalue weighted by Gasteiger charge is -1.97. The molecule has 4 aromatic rings. The number of oxazole rings is 1. The molecule has 0 aliphatic heterocycles. The summed E-state index contributed by atoms with van der Waals surface area (Å²) in [6, 6.07) is 6.92. The van der Waals surface area contributed by atoms with Gasteiger partial charge in [-0.25, -0.2) is 4.98 Å². The van der Waals surface area contributed by atoms with E-state index in [1.165, 1.54) is 28.9 Å². The van der Waals surface area contributed by atoms with Crippen molar-refractivity contribution < 1.29 is 18.4 Å². The fraction of sp³-hybridized carbons (Fsp3) is 0. The molecule has 0 spiro atoms. The smallest absolute Gasteiger partial charge is 0.302 e. The number of thiazole rings is 1. The number of hydrogen-bond donors (Lipinski definition) is 2. The SMILES string of the molecule is O=C(Nc1nc(-c2ccco2)cs1)c1coc(NC(=O)c2cccs2)n1. The fourth-order valence-corrected chi connectivity index (χ4v) is 3.35. The molecule has 0 bridgehead atoms. The molecule has 2 amide bonds. The van der Waals surface area contributed by atoms with E-state index in [1.54, 1.807) is 41.3 Å². The first-order valence-corrected chi connectivity index (χ1v) is 9.06. The molecule has 8 nitrogen and oxygen atoms in total. The van der Waals surface area contributed by atoms with E-state index < -0.39 is 5.91 Å². The number of rotatable bonds is 5. The van der Waals surface area contributed by atoms with Gasteiger partial charge in [-0.2, -0.15) is 4.98 Å². The Morgan fingerprint density at radius 3 is 2.69 bits per heavy atom. The van der Waals surface area contributed by atoms with Crippen molar-refractivity contribution in [2.75, 3.05) is 10.6 Å². The van der Waals surface area contributed by atoms with Crippen LogP contribution in [0.4, 0.5) is 11.1 Å². The fourth-order valence-electron chi connectivity index (χ4n) is 2.03. The minimum atomic E-state index is -0.495. The van der Waals surface area contributed by atoms with Crippen molar-refractivity contribution in [3.63, 3.8) is 0 Å². The van der Waals surface area contributed by atoms with Gasteiger partial charge in [-0.3, -0.25) is 20.2 Å². The number of thiophene rings is 1. The zero-order valence-corrected chi connectivity index (χ0v) is 14.6. The molecule has 130 valence electrons. The zero-order valence-electron chi connectivity index (χ0n) is 13.0. The molecular weight excluding hydrogens is 376 g/mol. The van der Waals surface area contributed by atoms with Gasteiger partial charge in [0.15, 0.2) is 16.6 Å². The quantitative estimate of drug-likeness (QED) is 0.537. The van der Waals surface area contributed by atoms with Crippen LogP contribution >= 0.6 is 22.7 Å². The predicted octanol–water partition coefficient (Wildman–Crippen LogP) is 3.96. The summed E-state index contributed by atoms with van der Waals surface area (Å²) in [5.41, 5.74) is 0.653. The van der Waals surface area contributed by atoms with E-state index in [0.29, 0.717) is 21.5 Å². The van der Waals surface area contributed by atoms with E-state index in [0.717, 1.165) is 0 Å².